The summed E-state index contributed by atoms with van der Waals surface area (Å²) in [5, 5.41) is 4.11. The van der Waals surface area contributed by atoms with Gasteiger partial charge in [-0.05, 0) is 31.5 Å². The molecule has 2 N–H and O–H groups in total. The SMILES string of the molecule is COCCN/N=C/c1ccc2[nH]c(=O)n(C(C)C)c2c1. The molecule has 6 heteroatoms. The predicted octanol–water partition coefficient (Wildman–Crippen LogP) is 1.48. The van der Waals surface area contributed by atoms with Gasteiger partial charge in [0.05, 0.1) is 30.4 Å². The van der Waals surface area contributed by atoms with Gasteiger partial charge in [-0.2, -0.15) is 5.10 Å². The van der Waals surface area contributed by atoms with Gasteiger partial charge in [0, 0.05) is 13.2 Å². The summed E-state index contributed by atoms with van der Waals surface area (Å²) in [7, 11) is 1.65. The summed E-state index contributed by atoms with van der Waals surface area (Å²) in [6, 6.07) is 5.88. The highest BCUT2D eigenvalue weighted by Crippen LogP contribution is 2.15. The van der Waals surface area contributed by atoms with E-state index in [-0.39, 0.29) is 11.7 Å². The minimum absolute atomic E-state index is 0.0812. The van der Waals surface area contributed by atoms with Crippen LogP contribution in [0.3, 0.4) is 0 Å². The third-order valence-electron chi connectivity index (χ3n) is 2.98. The van der Waals surface area contributed by atoms with E-state index in [2.05, 4.69) is 15.5 Å². The molecule has 1 aromatic heterocycles. The van der Waals surface area contributed by atoms with Crippen LogP contribution in [0.2, 0.25) is 0 Å². The van der Waals surface area contributed by atoms with E-state index in [0.29, 0.717) is 13.2 Å². The molecule has 0 saturated heterocycles. The molecule has 0 atom stereocenters. The van der Waals surface area contributed by atoms with Crippen molar-refractivity contribution in [2.24, 2.45) is 5.10 Å². The normalized spacial score (nSPS) is 11.8. The van der Waals surface area contributed by atoms with Gasteiger partial charge in [0.15, 0.2) is 0 Å². The van der Waals surface area contributed by atoms with E-state index in [0.717, 1.165) is 16.6 Å². The number of ether oxygens (including phenoxy) is 1. The molecule has 0 spiro atoms. The van der Waals surface area contributed by atoms with Crippen LogP contribution in [0.15, 0.2) is 28.1 Å². The van der Waals surface area contributed by atoms with Crippen LogP contribution < -0.4 is 11.1 Å². The fourth-order valence-corrected chi connectivity index (χ4v) is 2.06. The van der Waals surface area contributed by atoms with Gasteiger partial charge >= 0.3 is 5.69 Å². The molecule has 1 aromatic carbocycles. The number of fused-ring (bicyclic) bond motifs is 1. The number of nitrogens with zero attached hydrogens (tertiary/aromatic N) is 2. The quantitative estimate of drug-likeness (QED) is 0.477. The first-order valence-corrected chi connectivity index (χ1v) is 6.62. The first kappa shape index (κ1) is 14.3. The second-order valence-electron chi connectivity index (χ2n) is 4.83. The Morgan fingerprint density at radius 2 is 2.30 bits per heavy atom. The Hall–Kier alpha value is -2.08. The monoisotopic (exact) mass is 276 g/mol. The predicted molar refractivity (Wildman–Crippen MR) is 80.4 cm³/mol. The summed E-state index contributed by atoms with van der Waals surface area (Å²) in [4.78, 5) is 14.7. The highest BCUT2D eigenvalue weighted by molar-refractivity contribution is 5.87. The van der Waals surface area contributed by atoms with Crippen molar-refractivity contribution < 1.29 is 4.74 Å². The Morgan fingerprint density at radius 3 is 3.00 bits per heavy atom. The average Bonchev–Trinajstić information content (AvgIpc) is 2.73. The van der Waals surface area contributed by atoms with Crippen molar-refractivity contribution in [2.45, 2.75) is 19.9 Å². The van der Waals surface area contributed by atoms with Gasteiger partial charge in [0.25, 0.3) is 0 Å². The maximum absolute atomic E-state index is 11.9. The van der Waals surface area contributed by atoms with Crippen LogP contribution in [0.4, 0.5) is 0 Å². The second-order valence-corrected chi connectivity index (χ2v) is 4.83. The van der Waals surface area contributed by atoms with Gasteiger partial charge < -0.3 is 15.1 Å². The Kier molecular flexibility index (Phi) is 4.57. The standard InChI is InChI=1S/C14H20N4O2/c1-10(2)18-13-8-11(9-16-15-6-7-20-3)4-5-12(13)17-14(18)19/h4-5,8-10,15H,6-7H2,1-3H3,(H,17,19)/b16-9+. The minimum Gasteiger partial charge on any atom is -0.383 e. The van der Waals surface area contributed by atoms with Crippen LogP contribution in [-0.4, -0.2) is 36.0 Å². The lowest BCUT2D eigenvalue weighted by atomic mass is 10.2. The molecule has 0 radical (unpaired) electrons. The zero-order chi connectivity index (χ0) is 14.5. The smallest absolute Gasteiger partial charge is 0.326 e. The van der Waals surface area contributed by atoms with Crippen molar-refractivity contribution in [1.82, 2.24) is 15.0 Å². The lowest BCUT2D eigenvalue weighted by molar-refractivity contribution is 0.200. The first-order chi connectivity index (χ1) is 9.63. The molecule has 0 aliphatic heterocycles. The number of benzene rings is 1. The summed E-state index contributed by atoms with van der Waals surface area (Å²) in [6.07, 6.45) is 1.73. The van der Waals surface area contributed by atoms with Crippen LogP contribution in [0.25, 0.3) is 11.0 Å². The highest BCUT2D eigenvalue weighted by Gasteiger charge is 2.09. The van der Waals surface area contributed by atoms with E-state index in [1.54, 1.807) is 17.9 Å². The van der Waals surface area contributed by atoms with Gasteiger partial charge in [-0.15, -0.1) is 0 Å². The number of hydrazone groups is 1. The van der Waals surface area contributed by atoms with Gasteiger partial charge in [0.1, 0.15) is 0 Å². The number of methoxy groups -OCH3 is 1. The number of hydrogen-bond donors (Lipinski definition) is 2. The largest absolute Gasteiger partial charge is 0.383 e. The van der Waals surface area contributed by atoms with Crippen LogP contribution in [0, 0.1) is 0 Å². The maximum Gasteiger partial charge on any atom is 0.326 e. The van der Waals surface area contributed by atoms with Crippen molar-refractivity contribution in [1.29, 1.82) is 0 Å². The van der Waals surface area contributed by atoms with E-state index in [4.69, 9.17) is 4.74 Å². The number of hydrogen-bond acceptors (Lipinski definition) is 4. The number of nitrogens with one attached hydrogen (secondary N) is 2. The number of imidazole rings is 1. The minimum atomic E-state index is -0.0812. The lowest BCUT2D eigenvalue weighted by Crippen LogP contribution is -2.18. The first-order valence-electron chi connectivity index (χ1n) is 6.62. The van der Waals surface area contributed by atoms with Gasteiger partial charge in [-0.25, -0.2) is 4.79 Å². The molecule has 0 aliphatic rings. The van der Waals surface area contributed by atoms with E-state index >= 15 is 0 Å². The van der Waals surface area contributed by atoms with E-state index in [1.807, 2.05) is 32.0 Å². The van der Waals surface area contributed by atoms with Crippen molar-refractivity contribution in [2.75, 3.05) is 20.3 Å². The van der Waals surface area contributed by atoms with Crippen LogP contribution in [0.5, 0.6) is 0 Å². The Bertz CT molecular complexity index is 655. The van der Waals surface area contributed by atoms with Crippen LogP contribution in [0.1, 0.15) is 25.5 Å². The topological polar surface area (TPSA) is 71.4 Å². The molecular formula is C14H20N4O2. The van der Waals surface area contributed by atoms with E-state index in [1.165, 1.54) is 0 Å². The molecule has 2 rings (SSSR count). The van der Waals surface area contributed by atoms with Crippen LogP contribution >= 0.6 is 0 Å². The number of rotatable bonds is 6. The van der Waals surface area contributed by atoms with Crippen molar-refractivity contribution in [3.63, 3.8) is 0 Å². The van der Waals surface area contributed by atoms with Crippen molar-refractivity contribution in [3.8, 4) is 0 Å². The molecule has 1 heterocycles. The molecule has 108 valence electrons. The zero-order valence-electron chi connectivity index (χ0n) is 12.0. The summed E-state index contributed by atoms with van der Waals surface area (Å²) in [6.45, 7) is 5.25. The molecule has 0 bridgehead atoms. The Balaban J connectivity index is 2.24. The summed E-state index contributed by atoms with van der Waals surface area (Å²) in [5.74, 6) is 0. The molecule has 20 heavy (non-hydrogen) atoms. The maximum atomic E-state index is 11.9. The Labute approximate surface area is 117 Å². The molecule has 0 saturated carbocycles. The second kappa shape index (κ2) is 6.38. The molecule has 0 aliphatic carbocycles. The Morgan fingerprint density at radius 1 is 1.50 bits per heavy atom. The lowest BCUT2D eigenvalue weighted by Gasteiger charge is -2.06. The molecule has 6 nitrogen and oxygen atoms in total. The third-order valence-corrected chi connectivity index (χ3v) is 2.98. The molecular weight excluding hydrogens is 256 g/mol. The van der Waals surface area contributed by atoms with Crippen molar-refractivity contribution in [3.05, 3.63) is 34.2 Å². The molecule has 0 fully saturated rings. The summed E-state index contributed by atoms with van der Waals surface area (Å²) in [5.41, 5.74) is 5.49. The number of aromatic nitrogens is 2. The molecule has 0 amide bonds. The van der Waals surface area contributed by atoms with Crippen LogP contribution in [-0.2, 0) is 4.74 Å². The fraction of sp³-hybridized carbons (Fsp3) is 0.429. The van der Waals surface area contributed by atoms with E-state index < -0.39 is 0 Å². The summed E-state index contributed by atoms with van der Waals surface area (Å²) < 4.78 is 6.66. The average molecular weight is 276 g/mol. The number of aromatic amines is 1. The fourth-order valence-electron chi connectivity index (χ4n) is 2.06. The zero-order valence-corrected chi connectivity index (χ0v) is 12.0. The van der Waals surface area contributed by atoms with Gasteiger partial charge in [-0.3, -0.25) is 4.57 Å². The van der Waals surface area contributed by atoms with Gasteiger partial charge in [-0.1, -0.05) is 6.07 Å². The molecule has 0 unspecified atom stereocenters. The van der Waals surface area contributed by atoms with Gasteiger partial charge in [0.2, 0.25) is 0 Å². The van der Waals surface area contributed by atoms with Crippen molar-refractivity contribution >= 4 is 17.2 Å². The third kappa shape index (κ3) is 3.08. The summed E-state index contributed by atoms with van der Waals surface area (Å²) >= 11 is 0. The van der Waals surface area contributed by atoms with E-state index in [9.17, 15) is 4.79 Å². The number of H-pyrrole nitrogens is 1. The highest BCUT2D eigenvalue weighted by atomic mass is 16.5. The molecule has 2 aromatic rings.